The molecule has 2 heteroatoms. The summed E-state index contributed by atoms with van der Waals surface area (Å²) in [7, 11) is 0. The SMILES string of the molecule is c1ccc(-n2c3ccccc3c3ccc4c(c5ccccc5n4-c4cccc(-c5c6c(cc7c5C5CCC7CC5)C5CCC6CC5)c4)c32)cc1. The summed E-state index contributed by atoms with van der Waals surface area (Å²) < 4.78 is 5.05. The van der Waals surface area contributed by atoms with Crippen LogP contribution in [0.25, 0.3) is 66.1 Å². The molecule has 0 spiro atoms. The third-order valence-corrected chi connectivity index (χ3v) is 13.5. The first-order chi connectivity index (χ1) is 24.8. The molecule has 0 atom stereocenters. The molecule has 0 aliphatic heterocycles. The summed E-state index contributed by atoms with van der Waals surface area (Å²) >= 11 is 0. The Morgan fingerprint density at radius 1 is 0.400 bits per heavy atom. The van der Waals surface area contributed by atoms with E-state index in [2.05, 4.69) is 130 Å². The van der Waals surface area contributed by atoms with Crippen molar-refractivity contribution in [1.82, 2.24) is 9.13 Å². The molecule has 0 radical (unpaired) electrons. The van der Waals surface area contributed by atoms with E-state index in [1.54, 1.807) is 27.8 Å². The predicted octanol–water partition coefficient (Wildman–Crippen LogP) is 13.1. The Morgan fingerprint density at radius 3 is 1.68 bits per heavy atom. The summed E-state index contributed by atoms with van der Waals surface area (Å²) in [6, 6.07) is 46.1. The van der Waals surface area contributed by atoms with E-state index in [9.17, 15) is 0 Å². The Bertz CT molecular complexity index is 2630. The second-order valence-electron chi connectivity index (χ2n) is 15.8. The Labute approximate surface area is 293 Å². The molecule has 2 heterocycles. The third kappa shape index (κ3) is 3.64. The largest absolute Gasteiger partial charge is 0.309 e. The summed E-state index contributed by atoms with van der Waals surface area (Å²) in [5.41, 5.74) is 17.6. The second-order valence-corrected chi connectivity index (χ2v) is 15.8. The van der Waals surface area contributed by atoms with Crippen molar-refractivity contribution < 1.29 is 0 Å². The molecule has 2 aromatic heterocycles. The second kappa shape index (κ2) is 10.2. The highest BCUT2D eigenvalue weighted by molar-refractivity contribution is 6.26. The minimum Gasteiger partial charge on any atom is -0.309 e. The molecule has 14 rings (SSSR count). The van der Waals surface area contributed by atoms with E-state index in [-0.39, 0.29) is 0 Å². The zero-order valence-corrected chi connectivity index (χ0v) is 28.4. The van der Waals surface area contributed by atoms with Crippen molar-refractivity contribution in [3.63, 3.8) is 0 Å². The monoisotopic (exact) mass is 644 g/mol. The summed E-state index contributed by atoms with van der Waals surface area (Å²) in [6.07, 6.45) is 11.0. The van der Waals surface area contributed by atoms with Crippen molar-refractivity contribution in [2.75, 3.05) is 0 Å². The topological polar surface area (TPSA) is 9.86 Å². The van der Waals surface area contributed by atoms with E-state index in [0.29, 0.717) is 0 Å². The molecule has 6 aliphatic carbocycles. The predicted molar refractivity (Wildman–Crippen MR) is 208 cm³/mol. The number of para-hydroxylation sites is 3. The zero-order valence-electron chi connectivity index (χ0n) is 28.4. The van der Waals surface area contributed by atoms with Crippen LogP contribution in [0, 0.1) is 0 Å². The van der Waals surface area contributed by atoms with E-state index in [0.717, 1.165) is 23.7 Å². The van der Waals surface area contributed by atoms with Gasteiger partial charge in [-0.1, -0.05) is 78.9 Å². The lowest BCUT2D eigenvalue weighted by Gasteiger charge is -2.46. The van der Waals surface area contributed by atoms with Crippen molar-refractivity contribution in [2.45, 2.75) is 75.0 Å². The van der Waals surface area contributed by atoms with E-state index < -0.39 is 0 Å². The van der Waals surface area contributed by atoms with Crippen LogP contribution < -0.4 is 0 Å². The Balaban J connectivity index is 1.16. The maximum Gasteiger partial charge on any atom is 0.0641 e. The van der Waals surface area contributed by atoms with Crippen LogP contribution in [0.2, 0.25) is 0 Å². The molecule has 4 bridgehead atoms. The fourth-order valence-electron chi connectivity index (χ4n) is 11.4. The number of hydrogen-bond acceptors (Lipinski definition) is 0. The normalized spacial score (nSPS) is 22.2. The lowest BCUT2D eigenvalue weighted by molar-refractivity contribution is 0.342. The van der Waals surface area contributed by atoms with Gasteiger partial charge in [0, 0.05) is 32.9 Å². The maximum absolute atomic E-state index is 2.74. The van der Waals surface area contributed by atoms with Crippen molar-refractivity contribution >= 4 is 43.6 Å². The minimum absolute atomic E-state index is 0.723. The average Bonchev–Trinajstić information content (AvgIpc) is 3.71. The van der Waals surface area contributed by atoms with Crippen LogP contribution in [0.1, 0.15) is 97.3 Å². The van der Waals surface area contributed by atoms with Gasteiger partial charge in [0.15, 0.2) is 0 Å². The molecule has 242 valence electrons. The number of rotatable bonds is 3. The molecule has 6 aromatic carbocycles. The number of aromatic nitrogens is 2. The van der Waals surface area contributed by atoms with E-state index in [1.807, 2.05) is 0 Å². The van der Waals surface area contributed by atoms with Crippen LogP contribution in [-0.2, 0) is 0 Å². The molecular weight excluding hydrogens is 605 g/mol. The van der Waals surface area contributed by atoms with Crippen molar-refractivity contribution in [2.24, 2.45) is 0 Å². The van der Waals surface area contributed by atoms with Gasteiger partial charge in [-0.3, -0.25) is 0 Å². The van der Waals surface area contributed by atoms with Gasteiger partial charge in [0.25, 0.3) is 0 Å². The number of fused-ring (bicyclic) bond motifs is 11. The first-order valence-electron chi connectivity index (χ1n) is 19.1. The van der Waals surface area contributed by atoms with Crippen molar-refractivity contribution in [3.05, 3.63) is 144 Å². The van der Waals surface area contributed by atoms with Crippen LogP contribution in [0.5, 0.6) is 0 Å². The summed E-state index contributed by atoms with van der Waals surface area (Å²) in [6.45, 7) is 0. The molecule has 2 nitrogen and oxygen atoms in total. The molecule has 6 aliphatic rings. The quantitative estimate of drug-likeness (QED) is 0.181. The van der Waals surface area contributed by atoms with Gasteiger partial charge in [-0.2, -0.15) is 0 Å². The smallest absolute Gasteiger partial charge is 0.0641 e. The van der Waals surface area contributed by atoms with Crippen LogP contribution in [0.3, 0.4) is 0 Å². The first-order valence-corrected chi connectivity index (χ1v) is 19.1. The van der Waals surface area contributed by atoms with Crippen molar-refractivity contribution in [3.8, 4) is 22.5 Å². The highest BCUT2D eigenvalue weighted by Crippen LogP contribution is 2.60. The van der Waals surface area contributed by atoms with E-state index in [1.165, 1.54) is 112 Å². The van der Waals surface area contributed by atoms with Gasteiger partial charge in [0.2, 0.25) is 0 Å². The molecule has 0 saturated heterocycles. The Morgan fingerprint density at radius 2 is 0.980 bits per heavy atom. The lowest BCUT2D eigenvalue weighted by atomic mass is 9.59. The maximum atomic E-state index is 2.74. The lowest BCUT2D eigenvalue weighted by Crippen LogP contribution is -2.28. The van der Waals surface area contributed by atoms with Gasteiger partial charge >= 0.3 is 0 Å². The Kier molecular flexibility index (Phi) is 5.67. The standard InChI is InChI=1S/C48H40N2/c1-2-10-34(11-3-1)50-41-15-6-4-13-36(41)37-25-26-43-47(48(37)50)38-14-5-7-16-42(38)49(43)35-12-8-9-33(27-35)46-44-31-21-17-29(18-22-31)39(44)28-40-30-19-23-32(24-20-30)45(40)46/h1-16,25-32H,17-24H2. The third-order valence-electron chi connectivity index (χ3n) is 13.5. The van der Waals surface area contributed by atoms with Gasteiger partial charge in [0.1, 0.15) is 0 Å². The molecule has 2 saturated carbocycles. The zero-order chi connectivity index (χ0) is 32.5. The molecule has 0 unspecified atom stereocenters. The van der Waals surface area contributed by atoms with Crippen LogP contribution in [0.15, 0.2) is 121 Å². The highest BCUT2D eigenvalue weighted by atomic mass is 15.0. The first kappa shape index (κ1) is 27.7. The average molecular weight is 645 g/mol. The Hall–Kier alpha value is -5.08. The molecule has 0 amide bonds. The molecule has 0 N–H and O–H groups in total. The summed E-state index contributed by atoms with van der Waals surface area (Å²) in [5, 5.41) is 5.24. The molecule has 8 aromatic rings. The molecule has 2 fully saturated rings. The minimum atomic E-state index is 0.723. The van der Waals surface area contributed by atoms with Gasteiger partial charge < -0.3 is 9.13 Å². The fraction of sp³-hybridized carbons (Fsp3) is 0.250. The van der Waals surface area contributed by atoms with E-state index in [4.69, 9.17) is 0 Å². The number of nitrogens with zero attached hydrogens (tertiary/aromatic N) is 2. The van der Waals surface area contributed by atoms with E-state index >= 15 is 0 Å². The fourth-order valence-corrected chi connectivity index (χ4v) is 11.4. The van der Waals surface area contributed by atoms with Gasteiger partial charge in [-0.05, 0) is 151 Å². The molecule has 50 heavy (non-hydrogen) atoms. The van der Waals surface area contributed by atoms with Gasteiger partial charge in [-0.25, -0.2) is 0 Å². The van der Waals surface area contributed by atoms with Crippen LogP contribution >= 0.6 is 0 Å². The van der Waals surface area contributed by atoms with Crippen LogP contribution in [0.4, 0.5) is 0 Å². The highest BCUT2D eigenvalue weighted by Gasteiger charge is 2.42. The molecular formula is C48H40N2. The summed E-state index contributed by atoms with van der Waals surface area (Å²) in [4.78, 5) is 0. The van der Waals surface area contributed by atoms with Gasteiger partial charge in [-0.15, -0.1) is 0 Å². The summed E-state index contributed by atoms with van der Waals surface area (Å²) in [5.74, 6) is 2.97. The van der Waals surface area contributed by atoms with Crippen molar-refractivity contribution in [1.29, 1.82) is 0 Å². The van der Waals surface area contributed by atoms with Gasteiger partial charge in [0.05, 0.1) is 22.1 Å². The number of benzene rings is 6. The van der Waals surface area contributed by atoms with Crippen LogP contribution in [-0.4, -0.2) is 9.13 Å². The number of hydrogen-bond donors (Lipinski definition) is 0.